The van der Waals surface area contributed by atoms with Crippen LogP contribution >= 0.6 is 0 Å². The van der Waals surface area contributed by atoms with Gasteiger partial charge in [-0.2, -0.15) is 0 Å². The number of furan rings is 1. The van der Waals surface area contributed by atoms with E-state index in [1.54, 1.807) is 30.3 Å². The van der Waals surface area contributed by atoms with Gasteiger partial charge in [-0.1, -0.05) is 42.5 Å². The Labute approximate surface area is 184 Å². The van der Waals surface area contributed by atoms with Crippen molar-refractivity contribution in [3.8, 4) is 22.5 Å². The van der Waals surface area contributed by atoms with Crippen LogP contribution in [0.3, 0.4) is 0 Å². The van der Waals surface area contributed by atoms with Crippen molar-refractivity contribution < 1.29 is 14.1 Å². The van der Waals surface area contributed by atoms with Gasteiger partial charge in [0.25, 0.3) is 5.69 Å². The van der Waals surface area contributed by atoms with E-state index in [4.69, 9.17) is 4.42 Å². The Morgan fingerprint density at radius 1 is 0.906 bits per heavy atom. The molecule has 0 saturated carbocycles. The molecule has 6 nitrogen and oxygen atoms in total. The van der Waals surface area contributed by atoms with Gasteiger partial charge in [0, 0.05) is 17.8 Å². The SMILES string of the molecule is O=C(/C=C/c1ccc(-c2ccccc2[N+](=O)[O-])o1)Nc1ccc2c(c1)Cc1ccccc1-2. The van der Waals surface area contributed by atoms with E-state index in [1.807, 2.05) is 30.3 Å². The van der Waals surface area contributed by atoms with Gasteiger partial charge in [-0.05, 0) is 65.1 Å². The number of carbonyl (C=O) groups is 1. The zero-order valence-electron chi connectivity index (χ0n) is 16.9. The van der Waals surface area contributed by atoms with Gasteiger partial charge in [0.15, 0.2) is 0 Å². The highest BCUT2D eigenvalue weighted by Crippen LogP contribution is 2.37. The number of rotatable bonds is 5. The number of nitro groups is 1. The van der Waals surface area contributed by atoms with Gasteiger partial charge in [-0.25, -0.2) is 0 Å². The van der Waals surface area contributed by atoms with E-state index in [9.17, 15) is 14.9 Å². The molecule has 0 spiro atoms. The molecular weight excluding hydrogens is 404 g/mol. The van der Waals surface area contributed by atoms with Crippen LogP contribution < -0.4 is 5.32 Å². The number of anilines is 1. The van der Waals surface area contributed by atoms with Gasteiger partial charge in [-0.3, -0.25) is 14.9 Å². The molecule has 0 saturated heterocycles. The van der Waals surface area contributed by atoms with E-state index >= 15 is 0 Å². The lowest BCUT2D eigenvalue weighted by atomic mass is 10.1. The highest BCUT2D eigenvalue weighted by Gasteiger charge is 2.18. The van der Waals surface area contributed by atoms with E-state index in [0.29, 0.717) is 17.1 Å². The minimum atomic E-state index is -0.448. The van der Waals surface area contributed by atoms with Gasteiger partial charge in [-0.15, -0.1) is 0 Å². The number of hydrogen-bond donors (Lipinski definition) is 1. The average molecular weight is 422 g/mol. The van der Waals surface area contributed by atoms with E-state index in [1.165, 1.54) is 40.5 Å². The molecule has 4 aromatic rings. The second kappa shape index (κ2) is 8.00. The smallest absolute Gasteiger partial charge is 0.280 e. The summed E-state index contributed by atoms with van der Waals surface area (Å²) in [6.07, 6.45) is 3.77. The zero-order valence-corrected chi connectivity index (χ0v) is 16.9. The maximum Gasteiger partial charge on any atom is 0.280 e. The van der Waals surface area contributed by atoms with Crippen LogP contribution in [0.1, 0.15) is 16.9 Å². The number of amides is 1. The van der Waals surface area contributed by atoms with Gasteiger partial charge in [0.05, 0.1) is 10.5 Å². The highest BCUT2D eigenvalue weighted by atomic mass is 16.6. The number of nitrogens with one attached hydrogen (secondary N) is 1. The number of nitro benzene ring substituents is 1. The minimum Gasteiger partial charge on any atom is -0.456 e. The highest BCUT2D eigenvalue weighted by molar-refractivity contribution is 6.02. The van der Waals surface area contributed by atoms with E-state index in [-0.39, 0.29) is 11.6 Å². The topological polar surface area (TPSA) is 85.4 Å². The third-order valence-corrected chi connectivity index (χ3v) is 5.45. The zero-order chi connectivity index (χ0) is 22.1. The van der Waals surface area contributed by atoms with Crippen LogP contribution in [0.5, 0.6) is 0 Å². The van der Waals surface area contributed by atoms with Crippen molar-refractivity contribution in [3.63, 3.8) is 0 Å². The molecule has 1 aromatic heterocycles. The molecule has 6 heteroatoms. The van der Waals surface area contributed by atoms with Crippen LogP contribution in [0.25, 0.3) is 28.5 Å². The van der Waals surface area contributed by atoms with E-state index in [0.717, 1.165) is 12.1 Å². The first-order valence-electron chi connectivity index (χ1n) is 10.1. The molecule has 0 atom stereocenters. The van der Waals surface area contributed by atoms with Crippen LogP contribution in [0.15, 0.2) is 89.4 Å². The van der Waals surface area contributed by atoms with Gasteiger partial charge in [0.1, 0.15) is 11.5 Å². The molecule has 0 bridgehead atoms. The molecule has 1 amide bonds. The summed E-state index contributed by atoms with van der Waals surface area (Å²) in [6.45, 7) is 0. The molecule has 1 heterocycles. The molecule has 1 aliphatic rings. The number of hydrogen-bond acceptors (Lipinski definition) is 4. The molecule has 1 aliphatic carbocycles. The lowest BCUT2D eigenvalue weighted by Crippen LogP contribution is -2.07. The third-order valence-electron chi connectivity index (χ3n) is 5.45. The summed E-state index contributed by atoms with van der Waals surface area (Å²) in [7, 11) is 0. The first-order valence-corrected chi connectivity index (χ1v) is 10.1. The number of benzene rings is 3. The third kappa shape index (κ3) is 3.70. The molecule has 0 aliphatic heterocycles. The monoisotopic (exact) mass is 422 g/mol. The van der Waals surface area contributed by atoms with Gasteiger partial charge in [0.2, 0.25) is 5.91 Å². The predicted molar refractivity (Wildman–Crippen MR) is 123 cm³/mol. The Morgan fingerprint density at radius 3 is 2.50 bits per heavy atom. The fourth-order valence-electron chi connectivity index (χ4n) is 3.99. The fourth-order valence-corrected chi connectivity index (χ4v) is 3.99. The summed E-state index contributed by atoms with van der Waals surface area (Å²) in [6, 6.07) is 23.9. The summed E-state index contributed by atoms with van der Waals surface area (Å²) in [5.41, 5.74) is 6.01. The van der Waals surface area contributed by atoms with Gasteiger partial charge >= 0.3 is 0 Å². The lowest BCUT2D eigenvalue weighted by Gasteiger charge is -2.06. The van der Waals surface area contributed by atoms with Crippen molar-refractivity contribution >= 4 is 23.4 Å². The second-order valence-corrected chi connectivity index (χ2v) is 7.50. The minimum absolute atomic E-state index is 0.0334. The largest absolute Gasteiger partial charge is 0.456 e. The molecule has 5 rings (SSSR count). The normalized spacial score (nSPS) is 11.9. The van der Waals surface area contributed by atoms with Crippen molar-refractivity contribution in [2.45, 2.75) is 6.42 Å². The number of nitrogens with zero attached hydrogens (tertiary/aromatic N) is 1. The predicted octanol–water partition coefficient (Wildman–Crippen LogP) is 6.08. The molecular formula is C26H18N2O4. The molecule has 0 radical (unpaired) electrons. The van der Waals surface area contributed by atoms with Crippen molar-refractivity contribution in [2.24, 2.45) is 0 Å². The molecule has 156 valence electrons. The first-order chi connectivity index (χ1) is 15.6. The van der Waals surface area contributed by atoms with Crippen molar-refractivity contribution in [1.29, 1.82) is 0 Å². The summed E-state index contributed by atoms with van der Waals surface area (Å²) >= 11 is 0. The molecule has 0 fully saturated rings. The summed E-state index contributed by atoms with van der Waals surface area (Å²) in [5, 5.41) is 14.1. The van der Waals surface area contributed by atoms with Gasteiger partial charge < -0.3 is 9.73 Å². The maximum absolute atomic E-state index is 12.4. The number of para-hydroxylation sites is 1. The first kappa shape index (κ1) is 19.5. The summed E-state index contributed by atoms with van der Waals surface area (Å²) in [5.74, 6) is 0.511. The Morgan fingerprint density at radius 2 is 1.66 bits per heavy atom. The van der Waals surface area contributed by atoms with E-state index < -0.39 is 4.92 Å². The Balaban J connectivity index is 1.28. The van der Waals surface area contributed by atoms with Crippen molar-refractivity contribution in [1.82, 2.24) is 0 Å². The Bertz CT molecular complexity index is 1380. The molecule has 3 aromatic carbocycles. The van der Waals surface area contributed by atoms with Crippen LogP contribution in [-0.2, 0) is 11.2 Å². The maximum atomic E-state index is 12.4. The lowest BCUT2D eigenvalue weighted by molar-refractivity contribution is -0.384. The Kier molecular flexibility index (Phi) is 4.88. The molecule has 1 N–H and O–H groups in total. The van der Waals surface area contributed by atoms with Crippen LogP contribution in [0.4, 0.5) is 11.4 Å². The average Bonchev–Trinajstić information content (AvgIpc) is 3.42. The summed E-state index contributed by atoms with van der Waals surface area (Å²) in [4.78, 5) is 23.2. The quantitative estimate of drug-likeness (QED) is 0.211. The number of carbonyl (C=O) groups excluding carboxylic acids is 1. The molecule has 0 unspecified atom stereocenters. The second-order valence-electron chi connectivity index (χ2n) is 7.50. The standard InChI is InChI=1S/C26H18N2O4/c29-26(27-19-9-12-22-18(16-19)15-17-5-1-2-6-21(17)22)14-11-20-10-13-25(32-20)23-7-3-4-8-24(23)28(30)31/h1-14,16H,15H2,(H,27,29)/b14-11+. The van der Waals surface area contributed by atoms with Crippen molar-refractivity contribution in [2.75, 3.05) is 5.32 Å². The Hall–Kier alpha value is -4.45. The van der Waals surface area contributed by atoms with E-state index in [2.05, 4.69) is 17.4 Å². The molecule has 32 heavy (non-hydrogen) atoms. The van der Waals surface area contributed by atoms with Crippen LogP contribution in [0.2, 0.25) is 0 Å². The van der Waals surface area contributed by atoms with Crippen LogP contribution in [-0.4, -0.2) is 10.8 Å². The fraction of sp³-hybridized carbons (Fsp3) is 0.0385. The number of fused-ring (bicyclic) bond motifs is 3. The van der Waals surface area contributed by atoms with Crippen molar-refractivity contribution in [3.05, 3.63) is 112 Å². The van der Waals surface area contributed by atoms with Crippen LogP contribution in [0, 0.1) is 10.1 Å². The summed E-state index contributed by atoms with van der Waals surface area (Å²) < 4.78 is 5.69.